The third-order valence-electron chi connectivity index (χ3n) is 3.42. The number of nitro groups is 1. The molecule has 2 aromatic carbocycles. The van der Waals surface area contributed by atoms with Crippen molar-refractivity contribution in [1.82, 2.24) is 5.32 Å². The van der Waals surface area contributed by atoms with Crippen molar-refractivity contribution in [2.24, 2.45) is 0 Å². The molecule has 0 atom stereocenters. The summed E-state index contributed by atoms with van der Waals surface area (Å²) < 4.78 is 0.959. The number of benzene rings is 2. The Morgan fingerprint density at radius 3 is 2.44 bits per heavy atom. The number of rotatable bonds is 6. The molecule has 8 heteroatoms. The lowest BCUT2D eigenvalue weighted by Crippen LogP contribution is -2.27. The van der Waals surface area contributed by atoms with E-state index in [1.165, 1.54) is 24.3 Å². The summed E-state index contributed by atoms with van der Waals surface area (Å²) in [5.74, 6) is -0.604. The van der Waals surface area contributed by atoms with Crippen LogP contribution in [0.25, 0.3) is 0 Å². The topological polar surface area (TPSA) is 101 Å². The highest BCUT2D eigenvalue weighted by molar-refractivity contribution is 9.10. The molecule has 0 radical (unpaired) electrons. The largest absolute Gasteiger partial charge is 0.352 e. The number of nitro benzene ring substituents is 1. The third kappa shape index (κ3) is 5.39. The first-order valence-corrected chi connectivity index (χ1v) is 8.25. The van der Waals surface area contributed by atoms with Crippen LogP contribution in [0.5, 0.6) is 0 Å². The highest BCUT2D eigenvalue weighted by atomic mass is 79.9. The molecule has 0 aliphatic rings. The van der Waals surface area contributed by atoms with E-state index in [0.717, 1.165) is 10.0 Å². The van der Waals surface area contributed by atoms with Crippen molar-refractivity contribution in [3.63, 3.8) is 0 Å². The molecule has 0 aliphatic heterocycles. The van der Waals surface area contributed by atoms with Crippen LogP contribution in [0.4, 0.5) is 11.4 Å². The van der Waals surface area contributed by atoms with Gasteiger partial charge in [0.15, 0.2) is 0 Å². The Bertz CT molecular complexity index is 806. The SMILES string of the molecule is Cc1cc(NC(=O)CCNC(=O)c2ccc([N+](=O)[O-])cc2)ccc1Br. The summed E-state index contributed by atoms with van der Waals surface area (Å²) in [6.45, 7) is 2.08. The monoisotopic (exact) mass is 405 g/mol. The Kier molecular flexibility index (Phi) is 6.24. The van der Waals surface area contributed by atoms with Gasteiger partial charge in [-0.1, -0.05) is 15.9 Å². The molecule has 2 rings (SSSR count). The van der Waals surface area contributed by atoms with Crippen molar-refractivity contribution in [2.45, 2.75) is 13.3 Å². The fourth-order valence-electron chi connectivity index (χ4n) is 2.07. The number of nitrogens with one attached hydrogen (secondary N) is 2. The number of amides is 2. The van der Waals surface area contributed by atoms with Gasteiger partial charge < -0.3 is 10.6 Å². The third-order valence-corrected chi connectivity index (χ3v) is 4.31. The maximum atomic E-state index is 11.9. The molecule has 2 aromatic rings. The minimum Gasteiger partial charge on any atom is -0.352 e. The van der Waals surface area contributed by atoms with Crippen molar-refractivity contribution in [3.8, 4) is 0 Å². The average molecular weight is 406 g/mol. The number of hydrogen-bond acceptors (Lipinski definition) is 4. The number of aryl methyl sites for hydroxylation is 1. The molecule has 0 heterocycles. The van der Waals surface area contributed by atoms with Crippen LogP contribution >= 0.6 is 15.9 Å². The van der Waals surface area contributed by atoms with Gasteiger partial charge in [0.2, 0.25) is 5.91 Å². The van der Waals surface area contributed by atoms with E-state index in [9.17, 15) is 19.7 Å². The standard InChI is InChI=1S/C17H16BrN3O4/c1-11-10-13(4-7-15(11)18)20-16(22)8-9-19-17(23)12-2-5-14(6-3-12)21(24)25/h2-7,10H,8-9H2,1H3,(H,19,23)(H,20,22). The predicted molar refractivity (Wildman–Crippen MR) is 97.6 cm³/mol. The molecule has 0 bridgehead atoms. The van der Waals surface area contributed by atoms with Crippen molar-refractivity contribution >= 4 is 39.1 Å². The summed E-state index contributed by atoms with van der Waals surface area (Å²) in [6.07, 6.45) is 0.119. The van der Waals surface area contributed by atoms with Gasteiger partial charge in [-0.25, -0.2) is 0 Å². The number of nitrogens with zero attached hydrogens (tertiary/aromatic N) is 1. The molecule has 0 spiro atoms. The fraction of sp³-hybridized carbons (Fsp3) is 0.176. The zero-order valence-electron chi connectivity index (χ0n) is 13.4. The van der Waals surface area contributed by atoms with Gasteiger partial charge in [-0.2, -0.15) is 0 Å². The van der Waals surface area contributed by atoms with Gasteiger partial charge in [0.1, 0.15) is 0 Å². The first-order chi connectivity index (χ1) is 11.9. The second-order valence-electron chi connectivity index (χ2n) is 5.32. The second-order valence-corrected chi connectivity index (χ2v) is 6.18. The van der Waals surface area contributed by atoms with E-state index >= 15 is 0 Å². The summed E-state index contributed by atoms with van der Waals surface area (Å²) in [4.78, 5) is 33.9. The van der Waals surface area contributed by atoms with E-state index in [1.54, 1.807) is 6.07 Å². The molecule has 25 heavy (non-hydrogen) atoms. The molecule has 0 aliphatic carbocycles. The van der Waals surface area contributed by atoms with E-state index in [-0.39, 0.29) is 30.5 Å². The maximum absolute atomic E-state index is 11.9. The lowest BCUT2D eigenvalue weighted by molar-refractivity contribution is -0.384. The summed E-state index contributed by atoms with van der Waals surface area (Å²) >= 11 is 3.39. The van der Waals surface area contributed by atoms with Gasteiger partial charge in [-0.15, -0.1) is 0 Å². The highest BCUT2D eigenvalue weighted by Gasteiger charge is 2.10. The van der Waals surface area contributed by atoms with E-state index < -0.39 is 4.92 Å². The molecular formula is C17H16BrN3O4. The second kappa shape index (κ2) is 8.39. The Balaban J connectivity index is 1.81. The van der Waals surface area contributed by atoms with E-state index in [1.807, 2.05) is 19.1 Å². The Labute approximate surface area is 152 Å². The van der Waals surface area contributed by atoms with Crippen LogP contribution in [-0.4, -0.2) is 23.3 Å². The Morgan fingerprint density at radius 1 is 1.16 bits per heavy atom. The normalized spacial score (nSPS) is 10.2. The van der Waals surface area contributed by atoms with Gasteiger partial charge in [0.05, 0.1) is 4.92 Å². The first-order valence-electron chi connectivity index (χ1n) is 7.45. The van der Waals surface area contributed by atoms with E-state index in [4.69, 9.17) is 0 Å². The highest BCUT2D eigenvalue weighted by Crippen LogP contribution is 2.20. The number of carbonyl (C=O) groups excluding carboxylic acids is 2. The summed E-state index contributed by atoms with van der Waals surface area (Å²) in [5, 5.41) is 15.9. The van der Waals surface area contributed by atoms with E-state index in [0.29, 0.717) is 11.3 Å². The van der Waals surface area contributed by atoms with Gasteiger partial charge in [-0.05, 0) is 42.8 Å². The molecule has 0 saturated carbocycles. The minimum absolute atomic E-state index is 0.0827. The summed E-state index contributed by atoms with van der Waals surface area (Å²) in [5.41, 5.74) is 1.91. The van der Waals surface area contributed by atoms with Crippen LogP contribution < -0.4 is 10.6 Å². The van der Waals surface area contributed by atoms with Crippen molar-refractivity contribution in [1.29, 1.82) is 0 Å². The minimum atomic E-state index is -0.532. The molecule has 0 saturated heterocycles. The first kappa shape index (κ1) is 18.6. The molecule has 0 unspecified atom stereocenters. The van der Waals surface area contributed by atoms with Gasteiger partial charge in [0, 0.05) is 40.8 Å². The van der Waals surface area contributed by atoms with Crippen LogP contribution in [0.15, 0.2) is 46.9 Å². The lowest BCUT2D eigenvalue weighted by Gasteiger charge is -2.08. The predicted octanol–water partition coefficient (Wildman–Crippen LogP) is 3.42. The average Bonchev–Trinajstić information content (AvgIpc) is 2.58. The van der Waals surface area contributed by atoms with Crippen molar-refractivity contribution in [3.05, 3.63) is 68.2 Å². The van der Waals surface area contributed by atoms with Gasteiger partial charge in [-0.3, -0.25) is 19.7 Å². The zero-order valence-corrected chi connectivity index (χ0v) is 15.0. The fourth-order valence-corrected chi connectivity index (χ4v) is 2.32. The smallest absolute Gasteiger partial charge is 0.269 e. The quantitative estimate of drug-likeness (QED) is 0.567. The summed E-state index contributed by atoms with van der Waals surface area (Å²) in [7, 11) is 0. The maximum Gasteiger partial charge on any atom is 0.269 e. The van der Waals surface area contributed by atoms with Crippen LogP contribution in [0.1, 0.15) is 22.3 Å². The van der Waals surface area contributed by atoms with Crippen LogP contribution in [0.3, 0.4) is 0 Å². The van der Waals surface area contributed by atoms with Gasteiger partial charge in [0.25, 0.3) is 11.6 Å². The number of carbonyl (C=O) groups is 2. The van der Waals surface area contributed by atoms with Crippen LogP contribution in [-0.2, 0) is 4.79 Å². The van der Waals surface area contributed by atoms with Crippen LogP contribution in [0.2, 0.25) is 0 Å². The van der Waals surface area contributed by atoms with Crippen LogP contribution in [0, 0.1) is 17.0 Å². The molecular weight excluding hydrogens is 390 g/mol. The molecule has 7 nitrogen and oxygen atoms in total. The van der Waals surface area contributed by atoms with E-state index in [2.05, 4.69) is 26.6 Å². The number of non-ortho nitro benzene ring substituents is 1. The number of anilines is 1. The molecule has 2 N–H and O–H groups in total. The molecule has 2 amide bonds. The molecule has 0 aromatic heterocycles. The van der Waals surface area contributed by atoms with Crippen molar-refractivity contribution in [2.75, 3.05) is 11.9 Å². The Morgan fingerprint density at radius 2 is 1.84 bits per heavy atom. The summed E-state index contributed by atoms with van der Waals surface area (Å²) in [6, 6.07) is 10.7. The Hall–Kier alpha value is -2.74. The number of hydrogen-bond donors (Lipinski definition) is 2. The molecule has 0 fully saturated rings. The number of halogens is 1. The lowest BCUT2D eigenvalue weighted by atomic mass is 10.2. The zero-order chi connectivity index (χ0) is 18.4. The molecule has 130 valence electrons. The van der Waals surface area contributed by atoms with Crippen molar-refractivity contribution < 1.29 is 14.5 Å². The van der Waals surface area contributed by atoms with Gasteiger partial charge >= 0.3 is 0 Å².